The van der Waals surface area contributed by atoms with Crippen LogP contribution in [0.2, 0.25) is 0 Å². The third-order valence-corrected chi connectivity index (χ3v) is 5.72. The molecule has 4 rings (SSSR count). The SMILES string of the molecule is COc1cc(NC(=O)c2ccccc2)c(C(=O)N2C[C@H]3CNC[C@H]3C2)cc1OC.Cl. The molecule has 8 heteroatoms. The van der Waals surface area contributed by atoms with Gasteiger partial charge in [0.2, 0.25) is 0 Å². The molecule has 2 aliphatic heterocycles. The average Bonchev–Trinajstić information content (AvgIpc) is 3.36. The summed E-state index contributed by atoms with van der Waals surface area (Å²) >= 11 is 0. The summed E-state index contributed by atoms with van der Waals surface area (Å²) in [6, 6.07) is 12.2. The van der Waals surface area contributed by atoms with Gasteiger partial charge in [0.15, 0.2) is 11.5 Å². The van der Waals surface area contributed by atoms with Crippen molar-refractivity contribution in [3.05, 3.63) is 53.6 Å². The zero-order chi connectivity index (χ0) is 20.4. The van der Waals surface area contributed by atoms with Gasteiger partial charge in [-0.1, -0.05) is 18.2 Å². The van der Waals surface area contributed by atoms with E-state index in [0.29, 0.717) is 40.1 Å². The first-order chi connectivity index (χ1) is 14.1. The van der Waals surface area contributed by atoms with E-state index in [-0.39, 0.29) is 24.2 Å². The van der Waals surface area contributed by atoms with Crippen molar-refractivity contribution in [2.75, 3.05) is 45.7 Å². The number of rotatable bonds is 5. The van der Waals surface area contributed by atoms with Crippen LogP contribution in [0.25, 0.3) is 0 Å². The first kappa shape index (κ1) is 21.9. The Kier molecular flexibility index (Phi) is 6.84. The quantitative estimate of drug-likeness (QED) is 0.760. The minimum absolute atomic E-state index is 0. The summed E-state index contributed by atoms with van der Waals surface area (Å²) < 4.78 is 10.8. The molecular formula is C22H26ClN3O4. The summed E-state index contributed by atoms with van der Waals surface area (Å²) in [6.07, 6.45) is 0. The molecule has 2 fully saturated rings. The normalized spacial score (nSPS) is 19.6. The van der Waals surface area contributed by atoms with Crippen LogP contribution in [0.3, 0.4) is 0 Å². The minimum atomic E-state index is -0.283. The standard InChI is InChI=1S/C22H25N3O4.ClH/c1-28-19-8-17(22(27)25-12-15-10-23-11-16(15)13-25)18(9-20(19)29-2)24-21(26)14-6-4-3-5-7-14;/h3-9,15-16,23H,10-13H2,1-2H3,(H,24,26);1H/t15-,16+;. The van der Waals surface area contributed by atoms with Crippen molar-refractivity contribution in [3.63, 3.8) is 0 Å². The molecule has 2 aliphatic rings. The van der Waals surface area contributed by atoms with Gasteiger partial charge in [-0.15, -0.1) is 12.4 Å². The molecule has 0 saturated carbocycles. The monoisotopic (exact) mass is 431 g/mol. The lowest BCUT2D eigenvalue weighted by Gasteiger charge is -2.21. The van der Waals surface area contributed by atoms with Crippen molar-refractivity contribution in [1.29, 1.82) is 0 Å². The second-order valence-corrected chi connectivity index (χ2v) is 7.46. The molecule has 0 spiro atoms. The summed E-state index contributed by atoms with van der Waals surface area (Å²) in [6.45, 7) is 3.32. The highest BCUT2D eigenvalue weighted by Gasteiger charge is 2.39. The second-order valence-electron chi connectivity index (χ2n) is 7.46. The molecule has 2 atom stereocenters. The number of carbonyl (C=O) groups excluding carboxylic acids is 2. The van der Waals surface area contributed by atoms with Gasteiger partial charge in [-0.25, -0.2) is 0 Å². The van der Waals surface area contributed by atoms with Gasteiger partial charge >= 0.3 is 0 Å². The van der Waals surface area contributed by atoms with Crippen LogP contribution in [-0.2, 0) is 0 Å². The predicted octanol–water partition coefficient (Wildman–Crippen LogP) is 2.67. The molecule has 0 radical (unpaired) electrons. The van der Waals surface area contributed by atoms with E-state index in [4.69, 9.17) is 9.47 Å². The van der Waals surface area contributed by atoms with E-state index < -0.39 is 0 Å². The zero-order valence-electron chi connectivity index (χ0n) is 17.0. The Morgan fingerprint density at radius 2 is 1.60 bits per heavy atom. The lowest BCUT2D eigenvalue weighted by Crippen LogP contribution is -2.32. The Balaban J connectivity index is 0.00000256. The Morgan fingerprint density at radius 3 is 2.20 bits per heavy atom. The van der Waals surface area contributed by atoms with E-state index in [9.17, 15) is 9.59 Å². The lowest BCUT2D eigenvalue weighted by molar-refractivity contribution is 0.0782. The smallest absolute Gasteiger partial charge is 0.256 e. The van der Waals surface area contributed by atoms with Crippen molar-refractivity contribution in [3.8, 4) is 11.5 Å². The number of hydrogen-bond donors (Lipinski definition) is 2. The Bertz CT molecular complexity index is 910. The number of nitrogens with zero attached hydrogens (tertiary/aromatic N) is 1. The van der Waals surface area contributed by atoms with Crippen LogP contribution in [0.5, 0.6) is 11.5 Å². The summed E-state index contributed by atoms with van der Waals surface area (Å²) in [5.74, 6) is 1.49. The topological polar surface area (TPSA) is 79.9 Å². The lowest BCUT2D eigenvalue weighted by atomic mass is 10.0. The third kappa shape index (κ3) is 4.22. The van der Waals surface area contributed by atoms with Crippen molar-refractivity contribution in [1.82, 2.24) is 10.2 Å². The van der Waals surface area contributed by atoms with Gasteiger partial charge < -0.3 is 25.0 Å². The molecule has 0 aromatic heterocycles. The van der Waals surface area contributed by atoms with Crippen LogP contribution in [0.1, 0.15) is 20.7 Å². The highest BCUT2D eigenvalue weighted by molar-refractivity contribution is 6.09. The number of fused-ring (bicyclic) bond motifs is 1. The number of amides is 2. The number of methoxy groups -OCH3 is 2. The van der Waals surface area contributed by atoms with E-state index >= 15 is 0 Å². The predicted molar refractivity (Wildman–Crippen MR) is 117 cm³/mol. The molecule has 160 valence electrons. The summed E-state index contributed by atoms with van der Waals surface area (Å²) in [4.78, 5) is 27.9. The number of benzene rings is 2. The van der Waals surface area contributed by atoms with E-state index in [0.717, 1.165) is 26.2 Å². The molecule has 30 heavy (non-hydrogen) atoms. The van der Waals surface area contributed by atoms with Crippen LogP contribution in [0, 0.1) is 11.8 Å². The minimum Gasteiger partial charge on any atom is -0.493 e. The van der Waals surface area contributed by atoms with Crippen LogP contribution >= 0.6 is 12.4 Å². The second kappa shape index (κ2) is 9.36. The number of likely N-dealkylation sites (tertiary alicyclic amines) is 1. The molecule has 0 unspecified atom stereocenters. The number of nitrogens with one attached hydrogen (secondary N) is 2. The van der Waals surface area contributed by atoms with Crippen LogP contribution in [-0.4, -0.2) is 57.1 Å². The number of anilines is 1. The Hall–Kier alpha value is -2.77. The van der Waals surface area contributed by atoms with Gasteiger partial charge in [0.1, 0.15) is 0 Å². The van der Waals surface area contributed by atoms with Gasteiger partial charge in [0.25, 0.3) is 11.8 Å². The van der Waals surface area contributed by atoms with Gasteiger partial charge in [-0.2, -0.15) is 0 Å². The molecule has 2 aromatic rings. The third-order valence-electron chi connectivity index (χ3n) is 5.72. The number of ether oxygens (including phenoxy) is 2. The fourth-order valence-electron chi connectivity index (χ4n) is 4.13. The maximum Gasteiger partial charge on any atom is 0.256 e. The molecule has 2 aromatic carbocycles. The van der Waals surface area contributed by atoms with Crippen molar-refractivity contribution < 1.29 is 19.1 Å². The molecule has 2 amide bonds. The fraction of sp³-hybridized carbons (Fsp3) is 0.364. The van der Waals surface area contributed by atoms with Crippen LogP contribution in [0.15, 0.2) is 42.5 Å². The fourth-order valence-corrected chi connectivity index (χ4v) is 4.13. The van der Waals surface area contributed by atoms with Gasteiger partial charge in [0, 0.05) is 37.8 Å². The molecular weight excluding hydrogens is 406 g/mol. The number of carbonyl (C=O) groups is 2. The largest absolute Gasteiger partial charge is 0.493 e. The zero-order valence-corrected chi connectivity index (χ0v) is 17.8. The van der Waals surface area contributed by atoms with E-state index in [1.165, 1.54) is 14.2 Å². The molecule has 0 bridgehead atoms. The van der Waals surface area contributed by atoms with Crippen molar-refractivity contribution in [2.45, 2.75) is 0 Å². The number of halogens is 1. The Labute approximate surface area is 182 Å². The van der Waals surface area contributed by atoms with Crippen LogP contribution < -0.4 is 20.1 Å². The van der Waals surface area contributed by atoms with Crippen molar-refractivity contribution in [2.24, 2.45) is 11.8 Å². The van der Waals surface area contributed by atoms with E-state index in [2.05, 4.69) is 10.6 Å². The van der Waals surface area contributed by atoms with E-state index in [1.54, 1.807) is 36.4 Å². The first-order valence-electron chi connectivity index (χ1n) is 9.73. The molecule has 2 saturated heterocycles. The molecule has 2 N–H and O–H groups in total. The highest BCUT2D eigenvalue weighted by Crippen LogP contribution is 2.36. The molecule has 0 aliphatic carbocycles. The summed E-state index contributed by atoms with van der Waals surface area (Å²) in [7, 11) is 3.05. The Morgan fingerprint density at radius 1 is 1.00 bits per heavy atom. The number of hydrogen-bond acceptors (Lipinski definition) is 5. The molecule has 7 nitrogen and oxygen atoms in total. The first-order valence-corrected chi connectivity index (χ1v) is 9.73. The summed E-state index contributed by atoms with van der Waals surface area (Å²) in [5, 5.41) is 6.25. The van der Waals surface area contributed by atoms with Crippen molar-refractivity contribution >= 4 is 29.9 Å². The molecule has 2 heterocycles. The summed E-state index contributed by atoms with van der Waals surface area (Å²) in [5.41, 5.74) is 1.33. The maximum absolute atomic E-state index is 13.3. The van der Waals surface area contributed by atoms with Gasteiger partial charge in [0.05, 0.1) is 25.5 Å². The maximum atomic E-state index is 13.3. The highest BCUT2D eigenvalue weighted by atomic mass is 35.5. The van der Waals surface area contributed by atoms with Crippen LogP contribution in [0.4, 0.5) is 5.69 Å². The van der Waals surface area contributed by atoms with E-state index in [1.807, 2.05) is 11.0 Å². The van der Waals surface area contributed by atoms with Gasteiger partial charge in [-0.3, -0.25) is 9.59 Å². The van der Waals surface area contributed by atoms with Gasteiger partial charge in [-0.05, 0) is 30.0 Å². The average molecular weight is 432 g/mol.